The highest BCUT2D eigenvalue weighted by Gasteiger charge is 2.36. The first kappa shape index (κ1) is 19.8. The molecule has 0 N–H and O–H groups in total. The lowest BCUT2D eigenvalue weighted by Crippen LogP contribution is -2.30. The lowest BCUT2D eigenvalue weighted by Gasteiger charge is -2.39. The molecule has 1 aromatic heterocycles. The predicted molar refractivity (Wildman–Crippen MR) is 113 cm³/mol. The first-order chi connectivity index (χ1) is 12.0. The Bertz CT molecular complexity index is 685. The summed E-state index contributed by atoms with van der Waals surface area (Å²) in [6.45, 7) is 3.31. The highest BCUT2D eigenvalue weighted by molar-refractivity contribution is 8.19. The van der Waals surface area contributed by atoms with Gasteiger partial charge in [-0.1, -0.05) is 41.7 Å². The van der Waals surface area contributed by atoms with Gasteiger partial charge in [0, 0.05) is 39.3 Å². The van der Waals surface area contributed by atoms with E-state index in [0.717, 1.165) is 31.4 Å². The molecule has 1 aromatic carbocycles. The highest BCUT2D eigenvalue weighted by atomic mass is 35.5. The Morgan fingerprint density at radius 3 is 2.64 bits per heavy atom. The maximum absolute atomic E-state index is 6.39. The smallest absolute Gasteiger partial charge is 0.0945 e. The van der Waals surface area contributed by atoms with Crippen LogP contribution in [0.25, 0.3) is 0 Å². The number of benzene rings is 1. The molecule has 136 valence electrons. The van der Waals surface area contributed by atoms with Crippen LogP contribution in [0.3, 0.4) is 0 Å². The molecule has 7 heteroatoms. The minimum absolute atomic E-state index is 0.189. The van der Waals surface area contributed by atoms with E-state index in [2.05, 4.69) is 40.0 Å². The Labute approximate surface area is 173 Å². The highest BCUT2D eigenvalue weighted by Crippen LogP contribution is 2.51. The van der Waals surface area contributed by atoms with E-state index in [4.69, 9.17) is 34.8 Å². The molecule has 2 nitrogen and oxygen atoms in total. The van der Waals surface area contributed by atoms with E-state index in [1.807, 2.05) is 18.7 Å². The molecule has 2 heterocycles. The van der Waals surface area contributed by atoms with Crippen molar-refractivity contribution in [2.24, 2.45) is 0 Å². The normalized spacial score (nSPS) is 23.8. The number of aryl methyl sites for hydroxylation is 1. The molecular weight excluding hydrogens is 415 g/mol. The van der Waals surface area contributed by atoms with Gasteiger partial charge in [0.05, 0.1) is 10.4 Å². The summed E-state index contributed by atoms with van der Waals surface area (Å²) in [4.78, 5) is 4.15. The second-order valence-corrected chi connectivity index (χ2v) is 11.2. The number of aromatic nitrogens is 2. The Hall–Kier alpha value is -0.000000000000000167. The van der Waals surface area contributed by atoms with Crippen LogP contribution in [0.4, 0.5) is 0 Å². The van der Waals surface area contributed by atoms with Crippen molar-refractivity contribution in [1.82, 2.24) is 9.55 Å². The number of nitrogens with zero attached hydrogens (tertiary/aromatic N) is 2. The molecule has 0 saturated carbocycles. The van der Waals surface area contributed by atoms with Crippen molar-refractivity contribution < 1.29 is 0 Å². The van der Waals surface area contributed by atoms with Crippen molar-refractivity contribution in [2.45, 2.75) is 48.5 Å². The maximum Gasteiger partial charge on any atom is 0.0945 e. The van der Waals surface area contributed by atoms with E-state index in [9.17, 15) is 0 Å². The second-order valence-electron chi connectivity index (χ2n) is 6.37. The van der Waals surface area contributed by atoms with Gasteiger partial charge in [-0.15, -0.1) is 23.5 Å². The number of thioether (sulfide) groups is 2. The van der Waals surface area contributed by atoms with Crippen LogP contribution in [-0.2, 0) is 13.0 Å². The van der Waals surface area contributed by atoms with Crippen molar-refractivity contribution in [3.05, 3.63) is 51.5 Å². The summed E-state index contributed by atoms with van der Waals surface area (Å²) in [5.74, 6) is 1.21. The summed E-state index contributed by atoms with van der Waals surface area (Å²) < 4.78 is 2.35. The molecule has 1 aliphatic rings. The lowest BCUT2D eigenvalue weighted by molar-refractivity contribution is 0.566. The zero-order valence-corrected chi connectivity index (χ0v) is 18.0. The quantitative estimate of drug-likeness (QED) is 0.495. The van der Waals surface area contributed by atoms with Gasteiger partial charge in [-0.3, -0.25) is 0 Å². The van der Waals surface area contributed by atoms with Gasteiger partial charge in [-0.2, -0.15) is 0 Å². The standard InChI is InChI=1S/C18H21Cl3N2S2/c1-13-3-9-24-18(25-13,5-7-23-8-6-22-12-23)4-2-15-16(20)10-14(19)11-17(15)21/h6,8,10-13H,2-5,7,9H2,1H3. The van der Waals surface area contributed by atoms with E-state index in [1.54, 1.807) is 12.1 Å². The van der Waals surface area contributed by atoms with E-state index < -0.39 is 0 Å². The molecule has 3 rings (SSSR count). The number of rotatable bonds is 6. The molecule has 0 spiro atoms. The van der Waals surface area contributed by atoms with Gasteiger partial charge in [-0.25, -0.2) is 4.98 Å². The third kappa shape index (κ3) is 5.26. The fourth-order valence-corrected chi connectivity index (χ4v) is 8.00. The Kier molecular flexibility index (Phi) is 6.95. The van der Waals surface area contributed by atoms with E-state index in [-0.39, 0.29) is 4.08 Å². The largest absolute Gasteiger partial charge is 0.337 e. The molecule has 0 aliphatic carbocycles. The molecule has 2 unspecified atom stereocenters. The molecule has 0 amide bonds. The molecule has 1 fully saturated rings. The van der Waals surface area contributed by atoms with Crippen LogP contribution in [0.15, 0.2) is 30.9 Å². The van der Waals surface area contributed by atoms with Crippen molar-refractivity contribution >= 4 is 58.3 Å². The van der Waals surface area contributed by atoms with Gasteiger partial charge < -0.3 is 4.57 Å². The molecular formula is C18H21Cl3N2S2. The summed E-state index contributed by atoms with van der Waals surface area (Å²) in [6.07, 6.45) is 10.0. The first-order valence-electron chi connectivity index (χ1n) is 8.38. The average Bonchev–Trinajstić information content (AvgIpc) is 3.05. The average molecular weight is 436 g/mol. The molecule has 2 atom stereocenters. The summed E-state index contributed by atoms with van der Waals surface area (Å²) in [5.41, 5.74) is 1.01. The van der Waals surface area contributed by atoms with E-state index in [1.165, 1.54) is 12.2 Å². The van der Waals surface area contributed by atoms with E-state index in [0.29, 0.717) is 20.3 Å². The van der Waals surface area contributed by atoms with Crippen LogP contribution in [0.1, 0.15) is 31.7 Å². The van der Waals surface area contributed by atoms with Crippen LogP contribution in [0.5, 0.6) is 0 Å². The summed E-state index contributed by atoms with van der Waals surface area (Å²) in [6, 6.07) is 3.57. The van der Waals surface area contributed by atoms with Gasteiger partial charge in [-0.05, 0) is 49.1 Å². The number of hydrogen-bond donors (Lipinski definition) is 0. The zero-order valence-electron chi connectivity index (χ0n) is 14.1. The summed E-state index contributed by atoms with van der Waals surface area (Å²) in [7, 11) is 0. The van der Waals surface area contributed by atoms with Gasteiger partial charge >= 0.3 is 0 Å². The third-order valence-electron chi connectivity index (χ3n) is 4.48. The molecule has 0 radical (unpaired) electrons. The fourth-order valence-electron chi connectivity index (χ4n) is 3.10. The number of halogens is 3. The monoisotopic (exact) mass is 434 g/mol. The van der Waals surface area contributed by atoms with Crippen LogP contribution in [0, 0.1) is 0 Å². The van der Waals surface area contributed by atoms with Gasteiger partial charge in [0.15, 0.2) is 0 Å². The molecule has 1 saturated heterocycles. The van der Waals surface area contributed by atoms with Crippen LogP contribution in [-0.4, -0.2) is 24.6 Å². The number of imidazole rings is 1. The first-order valence-corrected chi connectivity index (χ1v) is 11.4. The third-order valence-corrected chi connectivity index (χ3v) is 8.86. The predicted octanol–water partition coefficient (Wildman–Crippen LogP) is 6.82. The van der Waals surface area contributed by atoms with Gasteiger partial charge in [0.2, 0.25) is 0 Å². The maximum atomic E-state index is 6.39. The zero-order chi connectivity index (χ0) is 17.9. The SMILES string of the molecule is CC1CCSC(CCc2c(Cl)cc(Cl)cc2Cl)(CCn2ccnc2)S1. The summed E-state index contributed by atoms with van der Waals surface area (Å²) >= 11 is 23.0. The van der Waals surface area contributed by atoms with Crippen LogP contribution < -0.4 is 0 Å². The fraction of sp³-hybridized carbons (Fsp3) is 0.500. The minimum atomic E-state index is 0.189. The molecule has 1 aliphatic heterocycles. The minimum Gasteiger partial charge on any atom is -0.337 e. The number of hydrogen-bond acceptors (Lipinski definition) is 3. The molecule has 25 heavy (non-hydrogen) atoms. The van der Waals surface area contributed by atoms with E-state index >= 15 is 0 Å². The Morgan fingerprint density at radius 1 is 1.24 bits per heavy atom. The Morgan fingerprint density at radius 2 is 2.00 bits per heavy atom. The van der Waals surface area contributed by atoms with Crippen LogP contribution >= 0.6 is 58.3 Å². The van der Waals surface area contributed by atoms with Gasteiger partial charge in [0.25, 0.3) is 0 Å². The lowest BCUT2D eigenvalue weighted by atomic mass is 10.1. The van der Waals surface area contributed by atoms with Crippen molar-refractivity contribution in [1.29, 1.82) is 0 Å². The van der Waals surface area contributed by atoms with Crippen molar-refractivity contribution in [3.8, 4) is 0 Å². The second kappa shape index (κ2) is 8.79. The van der Waals surface area contributed by atoms with Gasteiger partial charge in [0.1, 0.15) is 0 Å². The molecule has 0 bridgehead atoms. The van der Waals surface area contributed by atoms with Crippen molar-refractivity contribution in [3.63, 3.8) is 0 Å². The topological polar surface area (TPSA) is 17.8 Å². The van der Waals surface area contributed by atoms with Crippen molar-refractivity contribution in [2.75, 3.05) is 5.75 Å². The Balaban J connectivity index is 1.73. The summed E-state index contributed by atoms with van der Waals surface area (Å²) in [5, 5.41) is 2.60. The van der Waals surface area contributed by atoms with Crippen LogP contribution in [0.2, 0.25) is 15.1 Å². The molecule has 2 aromatic rings.